The monoisotopic (exact) mass is 346 g/mol. The number of methoxy groups -OCH3 is 2. The van der Waals surface area contributed by atoms with Crippen LogP contribution < -0.4 is 9.47 Å². The van der Waals surface area contributed by atoms with Gasteiger partial charge in [-0.3, -0.25) is 0 Å². The van der Waals surface area contributed by atoms with Gasteiger partial charge in [0.05, 0.1) is 14.2 Å². The van der Waals surface area contributed by atoms with Crippen LogP contribution in [0, 0.1) is 0 Å². The van der Waals surface area contributed by atoms with Gasteiger partial charge in [0.1, 0.15) is 11.5 Å². The third kappa shape index (κ3) is 3.75. The van der Waals surface area contributed by atoms with Gasteiger partial charge in [-0.2, -0.15) is 0 Å². The lowest BCUT2D eigenvalue weighted by Crippen LogP contribution is -2.13. The largest absolute Gasteiger partial charge is 0.497 e. The van der Waals surface area contributed by atoms with Crippen molar-refractivity contribution in [3.8, 4) is 33.8 Å². The molecule has 3 aromatic rings. The van der Waals surface area contributed by atoms with Crippen molar-refractivity contribution in [3.05, 3.63) is 72.3 Å². The Bertz CT molecular complexity index is 870. The summed E-state index contributed by atoms with van der Waals surface area (Å²) < 4.78 is 10.7. The number of hydrogen-bond acceptors (Lipinski definition) is 2. The number of ether oxygens (including phenoxy) is 2. The fourth-order valence-corrected chi connectivity index (χ4v) is 3.15. The van der Waals surface area contributed by atoms with Gasteiger partial charge in [0.15, 0.2) is 0 Å². The molecule has 0 amide bonds. The quantitative estimate of drug-likeness (QED) is 0.549. The average Bonchev–Trinajstić information content (AvgIpc) is 2.67. The highest BCUT2D eigenvalue weighted by molar-refractivity contribution is 5.74. The minimum absolute atomic E-state index is 0.0402. The smallest absolute Gasteiger partial charge is 0.119 e. The van der Waals surface area contributed by atoms with Gasteiger partial charge in [-0.15, -0.1) is 0 Å². The summed E-state index contributed by atoms with van der Waals surface area (Å²) in [4.78, 5) is 0. The second-order valence-electron chi connectivity index (χ2n) is 7.47. The summed E-state index contributed by atoms with van der Waals surface area (Å²) in [5, 5.41) is 0. The number of hydrogen-bond donors (Lipinski definition) is 0. The summed E-state index contributed by atoms with van der Waals surface area (Å²) in [5.41, 5.74) is 6.17. The molecule has 0 bridgehead atoms. The SMILES string of the molecule is COc1ccc(-c2ccc(-c3ccc(OC)cc3C(C)(C)C)cc2)cc1. The van der Waals surface area contributed by atoms with Crippen LogP contribution in [-0.2, 0) is 5.41 Å². The first-order valence-electron chi connectivity index (χ1n) is 8.86. The van der Waals surface area contributed by atoms with Crippen LogP contribution in [0.5, 0.6) is 11.5 Å². The molecule has 0 saturated heterocycles. The van der Waals surface area contributed by atoms with Crippen molar-refractivity contribution in [3.63, 3.8) is 0 Å². The summed E-state index contributed by atoms with van der Waals surface area (Å²) in [6.45, 7) is 6.70. The normalized spacial score (nSPS) is 11.3. The molecule has 26 heavy (non-hydrogen) atoms. The molecule has 134 valence electrons. The highest BCUT2D eigenvalue weighted by Gasteiger charge is 2.19. The predicted molar refractivity (Wildman–Crippen MR) is 109 cm³/mol. The maximum Gasteiger partial charge on any atom is 0.119 e. The van der Waals surface area contributed by atoms with Gasteiger partial charge in [-0.1, -0.05) is 63.2 Å². The Labute approximate surface area is 156 Å². The lowest BCUT2D eigenvalue weighted by Gasteiger charge is -2.24. The van der Waals surface area contributed by atoms with Crippen LogP contribution in [0.1, 0.15) is 26.3 Å². The lowest BCUT2D eigenvalue weighted by molar-refractivity contribution is 0.413. The topological polar surface area (TPSA) is 18.5 Å². The molecule has 2 nitrogen and oxygen atoms in total. The van der Waals surface area contributed by atoms with E-state index in [-0.39, 0.29) is 5.41 Å². The second-order valence-corrected chi connectivity index (χ2v) is 7.47. The second kappa shape index (κ2) is 7.25. The first kappa shape index (κ1) is 18.1. The molecule has 3 aromatic carbocycles. The van der Waals surface area contributed by atoms with Crippen molar-refractivity contribution in [1.82, 2.24) is 0 Å². The first-order valence-corrected chi connectivity index (χ1v) is 8.86. The Morgan fingerprint density at radius 1 is 0.577 bits per heavy atom. The molecule has 0 N–H and O–H groups in total. The van der Waals surface area contributed by atoms with E-state index in [1.165, 1.54) is 27.8 Å². The minimum Gasteiger partial charge on any atom is -0.497 e. The van der Waals surface area contributed by atoms with Crippen LogP contribution in [0.3, 0.4) is 0 Å². The van der Waals surface area contributed by atoms with E-state index in [4.69, 9.17) is 9.47 Å². The van der Waals surface area contributed by atoms with Crippen molar-refractivity contribution < 1.29 is 9.47 Å². The molecule has 0 aromatic heterocycles. The van der Waals surface area contributed by atoms with Crippen molar-refractivity contribution in [1.29, 1.82) is 0 Å². The summed E-state index contributed by atoms with van der Waals surface area (Å²) in [5.74, 6) is 1.77. The highest BCUT2D eigenvalue weighted by Crippen LogP contribution is 2.36. The Kier molecular flexibility index (Phi) is 5.03. The molecule has 3 rings (SSSR count). The van der Waals surface area contributed by atoms with Gasteiger partial charge in [0.2, 0.25) is 0 Å². The van der Waals surface area contributed by atoms with Gasteiger partial charge in [-0.25, -0.2) is 0 Å². The average molecular weight is 346 g/mol. The fourth-order valence-electron chi connectivity index (χ4n) is 3.15. The predicted octanol–water partition coefficient (Wildman–Crippen LogP) is 6.34. The van der Waals surface area contributed by atoms with Crippen LogP contribution in [0.4, 0.5) is 0 Å². The van der Waals surface area contributed by atoms with Crippen molar-refractivity contribution in [2.24, 2.45) is 0 Å². The molecule has 0 spiro atoms. The Morgan fingerprint density at radius 3 is 1.54 bits per heavy atom. The number of benzene rings is 3. The number of rotatable bonds is 4. The Hall–Kier alpha value is -2.74. The van der Waals surface area contributed by atoms with E-state index >= 15 is 0 Å². The zero-order valence-corrected chi connectivity index (χ0v) is 16.2. The molecular formula is C24H26O2. The maximum atomic E-state index is 5.43. The molecular weight excluding hydrogens is 320 g/mol. The van der Waals surface area contributed by atoms with Gasteiger partial charge >= 0.3 is 0 Å². The molecule has 0 heterocycles. The van der Waals surface area contributed by atoms with Crippen LogP contribution in [0.25, 0.3) is 22.3 Å². The zero-order chi connectivity index (χ0) is 18.7. The molecule has 0 unspecified atom stereocenters. The van der Waals surface area contributed by atoms with Crippen molar-refractivity contribution in [2.45, 2.75) is 26.2 Å². The van der Waals surface area contributed by atoms with Gasteiger partial charge < -0.3 is 9.47 Å². The van der Waals surface area contributed by atoms with Crippen LogP contribution in [0.2, 0.25) is 0 Å². The molecule has 0 radical (unpaired) electrons. The molecule has 0 saturated carbocycles. The van der Waals surface area contributed by atoms with Crippen LogP contribution >= 0.6 is 0 Å². The Morgan fingerprint density at radius 2 is 1.04 bits per heavy atom. The molecule has 0 aliphatic rings. The highest BCUT2D eigenvalue weighted by atomic mass is 16.5. The molecule has 0 fully saturated rings. The van der Waals surface area contributed by atoms with Gasteiger partial charge in [-0.05, 0) is 57.5 Å². The summed E-state index contributed by atoms with van der Waals surface area (Å²) in [6, 6.07) is 23.2. The zero-order valence-electron chi connectivity index (χ0n) is 16.2. The molecule has 0 atom stereocenters. The van der Waals surface area contributed by atoms with E-state index < -0.39 is 0 Å². The van der Waals surface area contributed by atoms with Crippen LogP contribution in [-0.4, -0.2) is 14.2 Å². The van der Waals surface area contributed by atoms with E-state index in [0.717, 1.165) is 11.5 Å². The minimum atomic E-state index is 0.0402. The molecule has 0 aliphatic heterocycles. The lowest BCUT2D eigenvalue weighted by atomic mass is 9.81. The van der Waals surface area contributed by atoms with E-state index in [1.807, 2.05) is 18.2 Å². The van der Waals surface area contributed by atoms with Gasteiger partial charge in [0, 0.05) is 0 Å². The summed E-state index contributed by atoms with van der Waals surface area (Å²) >= 11 is 0. The maximum absolute atomic E-state index is 5.43. The van der Waals surface area contributed by atoms with Crippen molar-refractivity contribution >= 4 is 0 Å². The Balaban J connectivity index is 1.98. The van der Waals surface area contributed by atoms with Crippen LogP contribution in [0.15, 0.2) is 66.7 Å². The van der Waals surface area contributed by atoms with E-state index in [9.17, 15) is 0 Å². The molecule has 0 aliphatic carbocycles. The van der Waals surface area contributed by atoms with E-state index in [2.05, 4.69) is 69.3 Å². The first-order chi connectivity index (χ1) is 12.4. The van der Waals surface area contributed by atoms with Crippen molar-refractivity contribution in [2.75, 3.05) is 14.2 Å². The van der Waals surface area contributed by atoms with E-state index in [1.54, 1.807) is 14.2 Å². The standard InChI is InChI=1S/C24H26O2/c1-24(2,3)23-16-21(26-5)14-15-22(23)19-8-6-17(7-9-19)18-10-12-20(25-4)13-11-18/h6-16H,1-5H3. The third-order valence-electron chi connectivity index (χ3n) is 4.65. The summed E-state index contributed by atoms with van der Waals surface area (Å²) in [7, 11) is 3.40. The van der Waals surface area contributed by atoms with E-state index in [0.29, 0.717) is 0 Å². The third-order valence-corrected chi connectivity index (χ3v) is 4.65. The fraction of sp³-hybridized carbons (Fsp3) is 0.250. The molecule has 2 heteroatoms. The van der Waals surface area contributed by atoms with Gasteiger partial charge in [0.25, 0.3) is 0 Å². The summed E-state index contributed by atoms with van der Waals surface area (Å²) in [6.07, 6.45) is 0.